The van der Waals surface area contributed by atoms with Gasteiger partial charge in [0, 0.05) is 75.5 Å². The van der Waals surface area contributed by atoms with Gasteiger partial charge in [0.25, 0.3) is 23.6 Å². The van der Waals surface area contributed by atoms with Crippen LogP contribution in [-0.4, -0.2) is 85.0 Å². The molecule has 0 saturated carbocycles. The summed E-state index contributed by atoms with van der Waals surface area (Å²) in [5.74, 6) is -1.19. The molecule has 4 heterocycles. The fourth-order valence-electron chi connectivity index (χ4n) is 5.64. The molecule has 4 amide bonds. The number of benzene rings is 2. The molecular weight excluding hydrogens is 626 g/mol. The summed E-state index contributed by atoms with van der Waals surface area (Å²) in [5.41, 5.74) is 1.80. The molecule has 252 valence electrons. The molecule has 1 aliphatic rings. The van der Waals surface area contributed by atoms with Gasteiger partial charge in [0.1, 0.15) is 11.4 Å². The molecule has 3 aromatic heterocycles. The molecule has 0 atom stereocenters. The molecule has 0 spiro atoms. The van der Waals surface area contributed by atoms with Gasteiger partial charge in [-0.05, 0) is 54.6 Å². The molecule has 49 heavy (non-hydrogen) atoms. The summed E-state index contributed by atoms with van der Waals surface area (Å²) in [5, 5.41) is 22.6. The molecule has 6 rings (SSSR count). The van der Waals surface area contributed by atoms with Crippen molar-refractivity contribution in [1.29, 1.82) is 0 Å². The van der Waals surface area contributed by atoms with E-state index in [4.69, 9.17) is 0 Å². The molecular formula is C35H37N9O5. The average molecular weight is 664 g/mol. The van der Waals surface area contributed by atoms with Crippen LogP contribution in [0.4, 0.5) is 17.2 Å². The third-order valence-electron chi connectivity index (χ3n) is 8.36. The van der Waals surface area contributed by atoms with Crippen LogP contribution in [0, 0.1) is 0 Å². The van der Waals surface area contributed by atoms with Gasteiger partial charge in [0.15, 0.2) is 5.82 Å². The maximum absolute atomic E-state index is 13.1. The van der Waals surface area contributed by atoms with Crippen molar-refractivity contribution in [3.8, 4) is 0 Å². The first-order chi connectivity index (χ1) is 23.6. The number of piperidine rings is 1. The number of hydrogen-bond donors (Lipinski definition) is 5. The average Bonchev–Trinajstić information content (AvgIpc) is 3.66. The van der Waals surface area contributed by atoms with Crippen molar-refractivity contribution in [3.05, 3.63) is 102 Å². The number of aromatic nitrogens is 4. The minimum absolute atomic E-state index is 0.163. The number of likely N-dealkylation sites (tertiary alicyclic amines) is 1. The predicted octanol–water partition coefficient (Wildman–Crippen LogP) is 3.25. The second kappa shape index (κ2) is 14.5. The lowest BCUT2D eigenvalue weighted by atomic mass is 10.1. The van der Waals surface area contributed by atoms with Crippen LogP contribution in [0.2, 0.25) is 0 Å². The van der Waals surface area contributed by atoms with Crippen LogP contribution in [-0.2, 0) is 14.1 Å². The van der Waals surface area contributed by atoms with Gasteiger partial charge in [-0.2, -0.15) is 0 Å². The van der Waals surface area contributed by atoms with Gasteiger partial charge in [0.2, 0.25) is 5.82 Å². The maximum Gasteiger partial charge on any atom is 0.287 e. The Bertz CT molecular complexity index is 2010. The Morgan fingerprint density at radius 2 is 1.51 bits per heavy atom. The highest BCUT2D eigenvalue weighted by Gasteiger charge is 2.20. The van der Waals surface area contributed by atoms with Crippen LogP contribution in [0.15, 0.2) is 79.3 Å². The number of nitrogens with one attached hydrogen (secondary N) is 4. The zero-order valence-electron chi connectivity index (χ0n) is 27.1. The largest absolute Gasteiger partial charge is 0.393 e. The highest BCUT2D eigenvalue weighted by molar-refractivity contribution is 6.08. The summed E-state index contributed by atoms with van der Waals surface area (Å²) in [4.78, 5) is 62.2. The number of nitrogens with zero attached hydrogens (tertiary/aromatic N) is 5. The van der Waals surface area contributed by atoms with Crippen molar-refractivity contribution in [1.82, 2.24) is 29.3 Å². The number of rotatable bonds is 10. The van der Waals surface area contributed by atoms with Crippen LogP contribution in [0.1, 0.15) is 54.8 Å². The van der Waals surface area contributed by atoms with Gasteiger partial charge in [-0.1, -0.05) is 24.3 Å². The molecule has 5 aromatic rings. The lowest BCUT2D eigenvalue weighted by molar-refractivity contribution is 0.0801. The van der Waals surface area contributed by atoms with Crippen LogP contribution in [0.5, 0.6) is 0 Å². The smallest absolute Gasteiger partial charge is 0.287 e. The minimum atomic E-state index is -0.432. The number of aryl methyl sites for hydroxylation is 2. The molecule has 1 saturated heterocycles. The SMILES string of the molecule is Cn1cc(NC(=O)c2cc3ccccc3cn2)cc1C(=O)Nc1ccc(C(=O)Nc2cn(C)c(C(=O)NCCN3CCC(O)CC3)n2)cc1. The van der Waals surface area contributed by atoms with Crippen LogP contribution >= 0.6 is 0 Å². The van der Waals surface area contributed by atoms with E-state index in [2.05, 4.69) is 36.1 Å². The number of pyridine rings is 1. The summed E-state index contributed by atoms with van der Waals surface area (Å²) < 4.78 is 3.14. The Balaban J connectivity index is 1.00. The zero-order valence-corrected chi connectivity index (χ0v) is 27.1. The van der Waals surface area contributed by atoms with Gasteiger partial charge >= 0.3 is 0 Å². The molecule has 5 N–H and O–H groups in total. The first-order valence-electron chi connectivity index (χ1n) is 15.9. The monoisotopic (exact) mass is 663 g/mol. The highest BCUT2D eigenvalue weighted by atomic mass is 16.3. The van der Waals surface area contributed by atoms with Crippen molar-refractivity contribution >= 4 is 51.6 Å². The molecule has 14 heteroatoms. The van der Waals surface area contributed by atoms with Gasteiger partial charge in [-0.3, -0.25) is 24.2 Å². The first-order valence-corrected chi connectivity index (χ1v) is 15.9. The maximum atomic E-state index is 13.1. The lowest BCUT2D eigenvalue weighted by Crippen LogP contribution is -2.41. The van der Waals surface area contributed by atoms with Crippen molar-refractivity contribution in [3.63, 3.8) is 0 Å². The summed E-state index contributed by atoms with van der Waals surface area (Å²) >= 11 is 0. The van der Waals surface area contributed by atoms with Gasteiger partial charge in [0.05, 0.1) is 11.8 Å². The Labute approximate surface area is 282 Å². The van der Waals surface area contributed by atoms with E-state index >= 15 is 0 Å². The third-order valence-corrected chi connectivity index (χ3v) is 8.36. The molecule has 14 nitrogen and oxygen atoms in total. The highest BCUT2D eigenvalue weighted by Crippen LogP contribution is 2.19. The topological polar surface area (TPSA) is 176 Å². The van der Waals surface area contributed by atoms with E-state index in [-0.39, 0.29) is 29.3 Å². The third kappa shape index (κ3) is 8.00. The second-order valence-electron chi connectivity index (χ2n) is 12.0. The summed E-state index contributed by atoms with van der Waals surface area (Å²) in [7, 11) is 3.37. The molecule has 0 aliphatic carbocycles. The Kier molecular flexibility index (Phi) is 9.78. The molecule has 0 unspecified atom stereocenters. The standard InChI is InChI=1S/C35H37N9O5/c1-42-20-26(39-33(47)28-17-23-5-3-4-6-24(23)19-37-28)18-29(42)34(48)38-25-9-7-22(8-10-25)32(46)41-30-21-43(2)31(40-30)35(49)36-13-16-44-14-11-27(45)12-15-44/h3-10,17-21,27,45H,11-16H2,1-2H3,(H,36,49)(H,38,48)(H,39,47)(H,41,46). The molecule has 0 bridgehead atoms. The van der Waals surface area contributed by atoms with E-state index in [1.807, 2.05) is 24.3 Å². The molecule has 0 radical (unpaired) electrons. The van der Waals surface area contributed by atoms with E-state index in [0.29, 0.717) is 35.7 Å². The number of anilines is 3. The molecule has 1 aliphatic heterocycles. The normalized spacial score (nSPS) is 13.6. The van der Waals surface area contributed by atoms with E-state index in [1.165, 1.54) is 0 Å². The van der Waals surface area contributed by atoms with Crippen LogP contribution in [0.25, 0.3) is 10.8 Å². The Hall–Kier alpha value is -5.86. The number of aliphatic hydroxyl groups is 1. The van der Waals surface area contributed by atoms with Crippen molar-refractivity contribution in [2.24, 2.45) is 14.1 Å². The second-order valence-corrected chi connectivity index (χ2v) is 12.0. The first kappa shape index (κ1) is 33.1. The number of amides is 4. The van der Waals surface area contributed by atoms with Crippen LogP contribution < -0.4 is 21.3 Å². The van der Waals surface area contributed by atoms with Gasteiger partial charge in [-0.25, -0.2) is 4.98 Å². The zero-order chi connectivity index (χ0) is 34.5. The summed E-state index contributed by atoms with van der Waals surface area (Å²) in [6, 6.07) is 17.2. The fourth-order valence-corrected chi connectivity index (χ4v) is 5.64. The summed E-state index contributed by atoms with van der Waals surface area (Å²) in [6.45, 7) is 2.71. The van der Waals surface area contributed by atoms with Crippen molar-refractivity contribution in [2.45, 2.75) is 18.9 Å². The van der Waals surface area contributed by atoms with Crippen LogP contribution in [0.3, 0.4) is 0 Å². The Morgan fingerprint density at radius 3 is 2.27 bits per heavy atom. The number of hydrogen-bond acceptors (Lipinski definition) is 8. The van der Waals surface area contributed by atoms with Crippen molar-refractivity contribution < 1.29 is 24.3 Å². The predicted molar refractivity (Wildman–Crippen MR) is 185 cm³/mol. The van der Waals surface area contributed by atoms with Crippen molar-refractivity contribution in [2.75, 3.05) is 42.1 Å². The van der Waals surface area contributed by atoms with Gasteiger partial charge in [-0.15, -0.1) is 0 Å². The molecule has 2 aromatic carbocycles. The number of carbonyl (C=O) groups excluding carboxylic acids is 4. The number of fused-ring (bicyclic) bond motifs is 1. The molecule has 1 fully saturated rings. The number of imidazole rings is 1. The quantitative estimate of drug-likeness (QED) is 0.151. The Morgan fingerprint density at radius 1 is 0.796 bits per heavy atom. The van der Waals surface area contributed by atoms with E-state index in [1.54, 1.807) is 78.2 Å². The van der Waals surface area contributed by atoms with E-state index < -0.39 is 17.7 Å². The number of carbonyl (C=O) groups is 4. The van der Waals surface area contributed by atoms with Gasteiger partial charge < -0.3 is 40.4 Å². The summed E-state index contributed by atoms with van der Waals surface area (Å²) in [6.07, 6.45) is 6.06. The minimum Gasteiger partial charge on any atom is -0.393 e. The van der Waals surface area contributed by atoms with E-state index in [0.717, 1.165) is 36.7 Å². The number of aliphatic hydroxyl groups excluding tert-OH is 1. The fraction of sp³-hybridized carbons (Fsp3) is 0.257. The van der Waals surface area contributed by atoms with E-state index in [9.17, 15) is 24.3 Å². The lowest BCUT2D eigenvalue weighted by Gasteiger charge is -2.29.